The molecule has 3 rings (SSSR count). The fourth-order valence-corrected chi connectivity index (χ4v) is 2.44. The number of nitro groups is 3. The predicted molar refractivity (Wildman–Crippen MR) is 99.3 cm³/mol. The van der Waals surface area contributed by atoms with E-state index >= 15 is 0 Å². The van der Waals surface area contributed by atoms with Crippen LogP contribution < -0.4 is 5.43 Å². The average molecular weight is 415 g/mol. The summed E-state index contributed by atoms with van der Waals surface area (Å²) in [5.41, 5.74) is 0.0883. The largest absolute Gasteiger partial charge is 0.502 e. The monoisotopic (exact) mass is 415 g/mol. The Balaban J connectivity index is 1.84. The number of carbonyl (C=O) groups excluding carboxylic acids is 1. The molecule has 0 aliphatic carbocycles. The highest BCUT2D eigenvalue weighted by atomic mass is 16.6. The van der Waals surface area contributed by atoms with Gasteiger partial charge in [-0.3, -0.25) is 35.1 Å². The lowest BCUT2D eigenvalue weighted by molar-refractivity contribution is -0.394. The van der Waals surface area contributed by atoms with Gasteiger partial charge in [0.2, 0.25) is 5.75 Å². The molecule has 3 aromatic rings. The van der Waals surface area contributed by atoms with Crippen LogP contribution in [-0.2, 0) is 0 Å². The standard InChI is InChI=1S/C16H9N5O9/c22-15-9(4-11(20(26)27)6-12(15)21(28)29)7-17-18-16(23)14-5-8-3-10(19(24)25)1-2-13(8)30-14/h1-7,22H,(H,18,23)/b17-7-. The molecule has 0 radical (unpaired) electrons. The number of nitrogens with one attached hydrogen (secondary N) is 1. The van der Waals surface area contributed by atoms with Gasteiger partial charge in [0.25, 0.3) is 11.4 Å². The molecule has 30 heavy (non-hydrogen) atoms. The third-order valence-electron chi connectivity index (χ3n) is 3.82. The highest BCUT2D eigenvalue weighted by molar-refractivity contribution is 5.97. The van der Waals surface area contributed by atoms with Crippen LogP contribution in [-0.4, -0.2) is 32.0 Å². The maximum absolute atomic E-state index is 12.1. The topological polar surface area (TPSA) is 204 Å². The van der Waals surface area contributed by atoms with E-state index in [-0.39, 0.29) is 22.6 Å². The molecule has 1 amide bonds. The Hall–Kier alpha value is -4.88. The molecule has 0 aliphatic rings. The zero-order valence-electron chi connectivity index (χ0n) is 14.5. The summed E-state index contributed by atoms with van der Waals surface area (Å²) in [4.78, 5) is 42.2. The third kappa shape index (κ3) is 3.86. The summed E-state index contributed by atoms with van der Waals surface area (Å²) in [6.07, 6.45) is 0.779. The Bertz CT molecular complexity index is 1250. The van der Waals surface area contributed by atoms with Crippen molar-refractivity contribution >= 4 is 40.2 Å². The van der Waals surface area contributed by atoms with E-state index in [4.69, 9.17) is 4.42 Å². The molecule has 2 aromatic carbocycles. The number of carbonyl (C=O) groups is 1. The molecule has 0 bridgehead atoms. The van der Waals surface area contributed by atoms with Crippen LogP contribution in [0.2, 0.25) is 0 Å². The summed E-state index contributed by atoms with van der Waals surface area (Å²) in [5.74, 6) is -1.99. The molecule has 14 nitrogen and oxygen atoms in total. The molecule has 1 heterocycles. The van der Waals surface area contributed by atoms with Gasteiger partial charge in [-0.1, -0.05) is 0 Å². The highest BCUT2D eigenvalue weighted by Gasteiger charge is 2.23. The minimum atomic E-state index is -1.01. The quantitative estimate of drug-likeness (QED) is 0.344. The van der Waals surface area contributed by atoms with Crippen LogP contribution in [0.5, 0.6) is 5.75 Å². The number of hydrogen-bond donors (Lipinski definition) is 2. The number of hydrazone groups is 1. The van der Waals surface area contributed by atoms with Gasteiger partial charge in [-0.05, 0) is 12.1 Å². The molecule has 0 spiro atoms. The van der Waals surface area contributed by atoms with Crippen LogP contribution in [0.1, 0.15) is 16.1 Å². The van der Waals surface area contributed by atoms with Gasteiger partial charge in [0.15, 0.2) is 5.76 Å². The molecule has 0 saturated heterocycles. The second-order valence-electron chi connectivity index (χ2n) is 5.71. The van der Waals surface area contributed by atoms with Crippen molar-refractivity contribution in [2.45, 2.75) is 0 Å². The van der Waals surface area contributed by atoms with E-state index in [0.29, 0.717) is 11.5 Å². The molecule has 1 aromatic heterocycles. The summed E-state index contributed by atoms with van der Waals surface area (Å²) in [6.45, 7) is 0. The molecule has 0 atom stereocenters. The van der Waals surface area contributed by atoms with Crippen molar-refractivity contribution in [2.24, 2.45) is 5.10 Å². The van der Waals surface area contributed by atoms with Crippen LogP contribution in [0.4, 0.5) is 17.1 Å². The van der Waals surface area contributed by atoms with Gasteiger partial charge in [0.05, 0.1) is 32.6 Å². The fraction of sp³-hybridized carbons (Fsp3) is 0. The lowest BCUT2D eigenvalue weighted by Crippen LogP contribution is -2.16. The molecule has 14 heteroatoms. The van der Waals surface area contributed by atoms with Gasteiger partial charge in [-0.15, -0.1) is 0 Å². The molecule has 152 valence electrons. The number of benzene rings is 2. The lowest BCUT2D eigenvalue weighted by Gasteiger charge is -2.01. The average Bonchev–Trinajstić information content (AvgIpc) is 3.12. The first-order valence-corrected chi connectivity index (χ1v) is 7.84. The van der Waals surface area contributed by atoms with Crippen LogP contribution >= 0.6 is 0 Å². The van der Waals surface area contributed by atoms with Crippen LogP contribution in [0.15, 0.2) is 45.9 Å². The number of furan rings is 1. The Morgan fingerprint density at radius 3 is 2.33 bits per heavy atom. The van der Waals surface area contributed by atoms with E-state index in [0.717, 1.165) is 12.3 Å². The summed E-state index contributed by atoms with van der Waals surface area (Å²) >= 11 is 0. The van der Waals surface area contributed by atoms with Crippen molar-refractivity contribution < 1.29 is 29.1 Å². The van der Waals surface area contributed by atoms with E-state index in [2.05, 4.69) is 5.10 Å². The second-order valence-corrected chi connectivity index (χ2v) is 5.71. The first kappa shape index (κ1) is 19.9. The number of fused-ring (bicyclic) bond motifs is 1. The SMILES string of the molecule is O=C(N/N=C\c1cc([N+](=O)[O-])cc([N+](=O)[O-])c1O)c1cc2cc([N+](=O)[O-])ccc2o1. The van der Waals surface area contributed by atoms with Gasteiger partial charge in [-0.25, -0.2) is 5.43 Å². The van der Waals surface area contributed by atoms with Gasteiger partial charge in [0, 0.05) is 23.6 Å². The van der Waals surface area contributed by atoms with Crippen LogP contribution in [0.3, 0.4) is 0 Å². The van der Waals surface area contributed by atoms with E-state index in [1.165, 1.54) is 24.3 Å². The molecule has 0 fully saturated rings. The van der Waals surface area contributed by atoms with Crippen molar-refractivity contribution in [3.8, 4) is 5.75 Å². The Kier molecular flexibility index (Phi) is 5.05. The number of phenols is 1. The zero-order chi connectivity index (χ0) is 22.0. The number of rotatable bonds is 6. The fourth-order valence-electron chi connectivity index (χ4n) is 2.44. The summed E-state index contributed by atoms with van der Waals surface area (Å²) in [7, 11) is 0. The maximum Gasteiger partial charge on any atom is 0.318 e. The molecule has 0 aliphatic heterocycles. The highest BCUT2D eigenvalue weighted by Crippen LogP contribution is 2.33. The van der Waals surface area contributed by atoms with E-state index in [1.807, 2.05) is 5.43 Å². The number of non-ortho nitro benzene ring substituents is 2. The van der Waals surface area contributed by atoms with Crippen molar-refractivity contribution in [2.75, 3.05) is 0 Å². The molecular weight excluding hydrogens is 406 g/mol. The number of amides is 1. The van der Waals surface area contributed by atoms with Crippen LogP contribution in [0.25, 0.3) is 11.0 Å². The summed E-state index contributed by atoms with van der Waals surface area (Å²) in [6, 6.07) is 6.37. The van der Waals surface area contributed by atoms with E-state index < -0.39 is 37.8 Å². The van der Waals surface area contributed by atoms with Gasteiger partial charge >= 0.3 is 11.6 Å². The summed E-state index contributed by atoms with van der Waals surface area (Å²) in [5, 5.41) is 46.3. The molecule has 0 saturated carbocycles. The predicted octanol–water partition coefficient (Wildman–Crippen LogP) is 2.63. The first-order chi connectivity index (χ1) is 14.2. The number of hydrogen-bond acceptors (Lipinski definition) is 10. The Morgan fingerprint density at radius 1 is 1.00 bits per heavy atom. The minimum absolute atomic E-state index is 0.198. The lowest BCUT2D eigenvalue weighted by atomic mass is 10.1. The maximum atomic E-state index is 12.1. The number of nitrogens with zero attached hydrogens (tertiary/aromatic N) is 4. The number of nitro benzene ring substituents is 3. The third-order valence-corrected chi connectivity index (χ3v) is 3.82. The van der Waals surface area contributed by atoms with Gasteiger partial charge in [-0.2, -0.15) is 5.10 Å². The van der Waals surface area contributed by atoms with Crippen molar-refractivity contribution in [1.29, 1.82) is 0 Å². The second kappa shape index (κ2) is 7.63. The molecule has 2 N–H and O–H groups in total. The number of phenolic OH excluding ortho intramolecular Hbond substituents is 1. The normalized spacial score (nSPS) is 10.9. The van der Waals surface area contributed by atoms with Crippen molar-refractivity contribution in [3.05, 3.63) is 78.1 Å². The van der Waals surface area contributed by atoms with Gasteiger partial charge < -0.3 is 9.52 Å². The van der Waals surface area contributed by atoms with E-state index in [9.17, 15) is 40.2 Å². The number of aromatic hydroxyl groups is 1. The van der Waals surface area contributed by atoms with Gasteiger partial charge in [0.1, 0.15) is 5.58 Å². The first-order valence-electron chi connectivity index (χ1n) is 7.84. The van der Waals surface area contributed by atoms with Crippen molar-refractivity contribution in [3.63, 3.8) is 0 Å². The molecule has 0 unspecified atom stereocenters. The van der Waals surface area contributed by atoms with E-state index in [1.54, 1.807) is 0 Å². The molecular formula is C16H9N5O9. The summed E-state index contributed by atoms with van der Waals surface area (Å²) < 4.78 is 5.26. The smallest absolute Gasteiger partial charge is 0.318 e. The zero-order valence-corrected chi connectivity index (χ0v) is 14.5. The Morgan fingerprint density at radius 2 is 1.70 bits per heavy atom. The minimum Gasteiger partial charge on any atom is -0.502 e. The van der Waals surface area contributed by atoms with Crippen LogP contribution in [0, 0.1) is 30.3 Å². The van der Waals surface area contributed by atoms with Crippen molar-refractivity contribution in [1.82, 2.24) is 5.43 Å². The Labute approximate surface area is 164 Å².